The zero-order valence-corrected chi connectivity index (χ0v) is 16.0. The summed E-state index contributed by atoms with van der Waals surface area (Å²) in [6.07, 6.45) is 0.568. The van der Waals surface area contributed by atoms with Crippen molar-refractivity contribution in [1.29, 1.82) is 0 Å². The highest BCUT2D eigenvalue weighted by atomic mass is 16.6. The predicted octanol–water partition coefficient (Wildman–Crippen LogP) is 4.87. The Bertz CT molecular complexity index is 775. The number of ether oxygens (including phenoxy) is 2. The maximum absolute atomic E-state index is 12.3. The summed E-state index contributed by atoms with van der Waals surface area (Å²) in [5.41, 5.74) is 4.34. The molecule has 1 aliphatic rings. The van der Waals surface area contributed by atoms with Gasteiger partial charge >= 0.3 is 6.09 Å². The Morgan fingerprint density at radius 2 is 1.81 bits per heavy atom. The summed E-state index contributed by atoms with van der Waals surface area (Å²) in [5, 5.41) is 0. The van der Waals surface area contributed by atoms with E-state index in [1.54, 1.807) is 4.90 Å². The van der Waals surface area contributed by atoms with E-state index in [0.29, 0.717) is 19.7 Å². The van der Waals surface area contributed by atoms with E-state index in [0.717, 1.165) is 23.3 Å². The Morgan fingerprint density at radius 3 is 2.50 bits per heavy atom. The first-order chi connectivity index (χ1) is 12.3. The summed E-state index contributed by atoms with van der Waals surface area (Å²) in [6, 6.07) is 14.5. The molecule has 0 unspecified atom stereocenters. The molecule has 4 heteroatoms. The molecule has 2 aromatic carbocycles. The van der Waals surface area contributed by atoms with E-state index < -0.39 is 5.60 Å². The molecule has 0 spiro atoms. The van der Waals surface area contributed by atoms with Gasteiger partial charge in [0, 0.05) is 13.1 Å². The summed E-state index contributed by atoms with van der Waals surface area (Å²) in [4.78, 5) is 14.0. The van der Waals surface area contributed by atoms with Crippen molar-refractivity contribution in [3.63, 3.8) is 0 Å². The normalized spacial score (nSPS) is 13.9. The second kappa shape index (κ2) is 7.40. The fourth-order valence-electron chi connectivity index (χ4n) is 2.95. The molecule has 138 valence electrons. The fourth-order valence-corrected chi connectivity index (χ4v) is 2.95. The highest BCUT2D eigenvalue weighted by molar-refractivity contribution is 5.68. The number of benzene rings is 2. The lowest BCUT2D eigenvalue weighted by Crippen LogP contribution is -2.39. The van der Waals surface area contributed by atoms with Crippen molar-refractivity contribution in [2.24, 2.45) is 0 Å². The maximum atomic E-state index is 12.3. The smallest absolute Gasteiger partial charge is 0.410 e. The molecule has 0 saturated carbocycles. The second-order valence-electron chi connectivity index (χ2n) is 7.86. The standard InChI is InChI=1S/C22H27NO3/c1-16-5-7-17(8-6-16)15-25-20-10-9-19-14-23(12-11-18(19)13-20)21(24)26-22(2,3)4/h5-10,13H,11-12,14-15H2,1-4H3. The van der Waals surface area contributed by atoms with Gasteiger partial charge in [-0.15, -0.1) is 0 Å². The molecule has 3 rings (SSSR count). The van der Waals surface area contributed by atoms with Crippen LogP contribution in [0.4, 0.5) is 4.79 Å². The third-order valence-electron chi connectivity index (χ3n) is 4.37. The van der Waals surface area contributed by atoms with E-state index in [9.17, 15) is 4.79 Å². The first-order valence-electron chi connectivity index (χ1n) is 9.08. The number of hydrogen-bond donors (Lipinski definition) is 0. The Labute approximate surface area is 155 Å². The zero-order chi connectivity index (χ0) is 18.7. The van der Waals surface area contributed by atoms with Gasteiger partial charge in [-0.05, 0) is 62.9 Å². The molecule has 2 aromatic rings. The van der Waals surface area contributed by atoms with Gasteiger partial charge in [0.2, 0.25) is 0 Å². The minimum Gasteiger partial charge on any atom is -0.489 e. The third kappa shape index (κ3) is 4.78. The number of rotatable bonds is 3. The summed E-state index contributed by atoms with van der Waals surface area (Å²) in [7, 11) is 0. The third-order valence-corrected chi connectivity index (χ3v) is 4.37. The molecule has 26 heavy (non-hydrogen) atoms. The summed E-state index contributed by atoms with van der Waals surface area (Å²) in [6.45, 7) is 9.56. The monoisotopic (exact) mass is 353 g/mol. The summed E-state index contributed by atoms with van der Waals surface area (Å²) >= 11 is 0. The Morgan fingerprint density at radius 1 is 1.08 bits per heavy atom. The van der Waals surface area contributed by atoms with Crippen molar-refractivity contribution in [2.45, 2.75) is 52.9 Å². The van der Waals surface area contributed by atoms with E-state index in [2.05, 4.69) is 43.3 Å². The number of amides is 1. The van der Waals surface area contributed by atoms with Crippen LogP contribution >= 0.6 is 0 Å². The van der Waals surface area contributed by atoms with Crippen LogP contribution in [0.15, 0.2) is 42.5 Å². The van der Waals surface area contributed by atoms with Gasteiger partial charge in [0.05, 0.1) is 0 Å². The highest BCUT2D eigenvalue weighted by Crippen LogP contribution is 2.25. The van der Waals surface area contributed by atoms with E-state index >= 15 is 0 Å². The van der Waals surface area contributed by atoms with Gasteiger partial charge in [0.1, 0.15) is 18.0 Å². The van der Waals surface area contributed by atoms with Crippen molar-refractivity contribution in [2.75, 3.05) is 6.54 Å². The molecule has 4 nitrogen and oxygen atoms in total. The highest BCUT2D eigenvalue weighted by Gasteiger charge is 2.25. The van der Waals surface area contributed by atoms with E-state index in [4.69, 9.17) is 9.47 Å². The van der Waals surface area contributed by atoms with Crippen LogP contribution in [-0.4, -0.2) is 23.1 Å². The minimum absolute atomic E-state index is 0.247. The molecule has 0 N–H and O–H groups in total. The Hall–Kier alpha value is -2.49. The summed E-state index contributed by atoms with van der Waals surface area (Å²) < 4.78 is 11.4. The first-order valence-corrected chi connectivity index (χ1v) is 9.08. The fraction of sp³-hybridized carbons (Fsp3) is 0.409. The zero-order valence-electron chi connectivity index (χ0n) is 16.0. The first kappa shape index (κ1) is 18.3. The molecular weight excluding hydrogens is 326 g/mol. The molecular formula is C22H27NO3. The molecule has 0 bridgehead atoms. The average molecular weight is 353 g/mol. The van der Waals surface area contributed by atoms with Crippen LogP contribution in [0.25, 0.3) is 0 Å². The number of carbonyl (C=O) groups is 1. The lowest BCUT2D eigenvalue weighted by molar-refractivity contribution is 0.0224. The molecule has 0 saturated heterocycles. The number of hydrogen-bond acceptors (Lipinski definition) is 3. The molecule has 0 atom stereocenters. The Kier molecular flexibility index (Phi) is 5.21. The predicted molar refractivity (Wildman–Crippen MR) is 102 cm³/mol. The topological polar surface area (TPSA) is 38.8 Å². The van der Waals surface area contributed by atoms with E-state index in [1.165, 1.54) is 11.1 Å². The van der Waals surface area contributed by atoms with Crippen molar-refractivity contribution in [1.82, 2.24) is 4.90 Å². The molecule has 0 aliphatic carbocycles. The van der Waals surface area contributed by atoms with E-state index in [1.807, 2.05) is 26.8 Å². The lowest BCUT2D eigenvalue weighted by atomic mass is 10.00. The van der Waals surface area contributed by atoms with Crippen molar-refractivity contribution < 1.29 is 14.3 Å². The SMILES string of the molecule is Cc1ccc(COc2ccc3c(c2)CCN(C(=O)OC(C)(C)C)C3)cc1. The van der Waals surface area contributed by atoms with Crippen LogP contribution in [0.3, 0.4) is 0 Å². The van der Waals surface area contributed by atoms with Crippen molar-refractivity contribution in [3.05, 3.63) is 64.7 Å². The molecule has 0 fully saturated rings. The van der Waals surface area contributed by atoms with Gasteiger partial charge in [-0.3, -0.25) is 0 Å². The largest absolute Gasteiger partial charge is 0.489 e. The minimum atomic E-state index is -0.467. The van der Waals surface area contributed by atoms with Gasteiger partial charge < -0.3 is 14.4 Å². The van der Waals surface area contributed by atoms with Crippen LogP contribution in [0.1, 0.15) is 43.0 Å². The van der Waals surface area contributed by atoms with Crippen LogP contribution in [0.5, 0.6) is 5.75 Å². The molecule has 1 heterocycles. The number of carbonyl (C=O) groups excluding carboxylic acids is 1. The van der Waals surface area contributed by atoms with Crippen LogP contribution in [0.2, 0.25) is 0 Å². The van der Waals surface area contributed by atoms with Crippen molar-refractivity contribution >= 4 is 6.09 Å². The van der Waals surface area contributed by atoms with Gasteiger partial charge in [-0.2, -0.15) is 0 Å². The number of fused-ring (bicyclic) bond motifs is 1. The lowest BCUT2D eigenvalue weighted by Gasteiger charge is -2.31. The molecule has 0 aromatic heterocycles. The van der Waals surface area contributed by atoms with Crippen LogP contribution < -0.4 is 4.74 Å². The van der Waals surface area contributed by atoms with Gasteiger partial charge in [-0.1, -0.05) is 35.9 Å². The number of aryl methyl sites for hydroxylation is 1. The molecule has 0 radical (unpaired) electrons. The quantitative estimate of drug-likeness (QED) is 0.790. The molecule has 1 aliphatic heterocycles. The van der Waals surface area contributed by atoms with Crippen LogP contribution in [-0.2, 0) is 24.3 Å². The van der Waals surface area contributed by atoms with Crippen molar-refractivity contribution in [3.8, 4) is 5.75 Å². The van der Waals surface area contributed by atoms with Crippen LogP contribution in [0, 0.1) is 6.92 Å². The maximum Gasteiger partial charge on any atom is 0.410 e. The van der Waals surface area contributed by atoms with Gasteiger partial charge in [0.25, 0.3) is 0 Å². The van der Waals surface area contributed by atoms with Gasteiger partial charge in [-0.25, -0.2) is 4.79 Å². The van der Waals surface area contributed by atoms with Gasteiger partial charge in [0.15, 0.2) is 0 Å². The average Bonchev–Trinajstić information content (AvgIpc) is 2.59. The second-order valence-corrected chi connectivity index (χ2v) is 7.86. The Balaban J connectivity index is 1.61. The van der Waals surface area contributed by atoms with E-state index in [-0.39, 0.29) is 6.09 Å². The number of nitrogens with zero attached hydrogens (tertiary/aromatic N) is 1. The molecule has 1 amide bonds. The summed E-state index contributed by atoms with van der Waals surface area (Å²) in [5.74, 6) is 0.870.